The van der Waals surface area contributed by atoms with Crippen LogP contribution < -0.4 is 5.73 Å². The summed E-state index contributed by atoms with van der Waals surface area (Å²) in [5.74, 6) is 0.992. The minimum absolute atomic E-state index is 0.162. The number of nitrogens with zero attached hydrogens (tertiary/aromatic N) is 2. The third-order valence-electron chi connectivity index (χ3n) is 3.98. The van der Waals surface area contributed by atoms with Gasteiger partial charge in [-0.3, -0.25) is 0 Å². The molecule has 1 fully saturated rings. The highest BCUT2D eigenvalue weighted by Crippen LogP contribution is 2.34. The Hall–Kier alpha value is -1.42. The van der Waals surface area contributed by atoms with Gasteiger partial charge in [0.2, 0.25) is 0 Å². The van der Waals surface area contributed by atoms with Crippen molar-refractivity contribution < 1.29 is 4.39 Å². The molecular weight excluding hydrogens is 229 g/mol. The number of halogens is 1. The van der Waals surface area contributed by atoms with Crippen molar-refractivity contribution in [3.8, 4) is 0 Å². The van der Waals surface area contributed by atoms with Gasteiger partial charge in [-0.2, -0.15) is 0 Å². The van der Waals surface area contributed by atoms with E-state index in [0.717, 1.165) is 37.1 Å². The summed E-state index contributed by atoms with van der Waals surface area (Å²) < 4.78 is 15.9. The lowest BCUT2D eigenvalue weighted by Crippen LogP contribution is -2.25. The van der Waals surface area contributed by atoms with Gasteiger partial charge in [0, 0.05) is 18.5 Å². The van der Waals surface area contributed by atoms with Crippen molar-refractivity contribution in [2.75, 3.05) is 0 Å². The number of aryl methyl sites for hydroxylation is 1. The molecule has 3 nitrogen and oxygen atoms in total. The number of para-hydroxylation sites is 1. The molecule has 1 aliphatic carbocycles. The SMILES string of the molecule is CCn1c(C2CCCC2N)nc2c(F)cccc21. The van der Waals surface area contributed by atoms with Crippen LogP contribution >= 0.6 is 0 Å². The van der Waals surface area contributed by atoms with Gasteiger partial charge < -0.3 is 10.3 Å². The molecule has 0 amide bonds. The number of hydrogen-bond donors (Lipinski definition) is 1. The fourth-order valence-corrected chi connectivity index (χ4v) is 3.06. The number of aromatic nitrogens is 2. The normalized spacial score (nSPS) is 23.9. The van der Waals surface area contributed by atoms with E-state index in [0.29, 0.717) is 5.52 Å². The summed E-state index contributed by atoms with van der Waals surface area (Å²) in [6, 6.07) is 5.30. The maximum absolute atomic E-state index is 13.8. The van der Waals surface area contributed by atoms with Gasteiger partial charge in [0.15, 0.2) is 5.82 Å². The molecule has 0 saturated heterocycles. The van der Waals surface area contributed by atoms with Crippen LogP contribution in [-0.2, 0) is 6.54 Å². The average Bonchev–Trinajstić information content (AvgIpc) is 2.92. The van der Waals surface area contributed by atoms with Gasteiger partial charge in [-0.25, -0.2) is 9.37 Å². The maximum atomic E-state index is 13.8. The Morgan fingerprint density at radius 1 is 1.44 bits per heavy atom. The van der Waals surface area contributed by atoms with Crippen molar-refractivity contribution in [1.82, 2.24) is 9.55 Å². The van der Waals surface area contributed by atoms with Crippen molar-refractivity contribution in [2.45, 2.75) is 44.7 Å². The number of nitrogens with two attached hydrogens (primary N) is 1. The monoisotopic (exact) mass is 247 g/mol. The van der Waals surface area contributed by atoms with E-state index in [-0.39, 0.29) is 17.8 Å². The number of fused-ring (bicyclic) bond motifs is 1. The quantitative estimate of drug-likeness (QED) is 0.886. The van der Waals surface area contributed by atoms with Gasteiger partial charge in [0.1, 0.15) is 11.3 Å². The van der Waals surface area contributed by atoms with Crippen LogP contribution in [0.2, 0.25) is 0 Å². The molecule has 2 atom stereocenters. The summed E-state index contributed by atoms with van der Waals surface area (Å²) in [6.45, 7) is 2.87. The van der Waals surface area contributed by atoms with Crippen LogP contribution in [0.25, 0.3) is 11.0 Å². The van der Waals surface area contributed by atoms with E-state index in [9.17, 15) is 4.39 Å². The summed E-state index contributed by atoms with van der Waals surface area (Å²) in [5, 5.41) is 0. The molecule has 1 heterocycles. The van der Waals surface area contributed by atoms with Crippen LogP contribution in [-0.4, -0.2) is 15.6 Å². The minimum Gasteiger partial charge on any atom is -0.328 e. The first-order chi connectivity index (χ1) is 8.72. The maximum Gasteiger partial charge on any atom is 0.151 e. The molecule has 1 saturated carbocycles. The molecule has 2 N–H and O–H groups in total. The molecule has 1 aliphatic rings. The molecule has 1 aromatic carbocycles. The van der Waals surface area contributed by atoms with E-state index < -0.39 is 0 Å². The Morgan fingerprint density at radius 2 is 2.28 bits per heavy atom. The zero-order chi connectivity index (χ0) is 12.7. The van der Waals surface area contributed by atoms with Crippen LogP contribution in [0.1, 0.15) is 37.9 Å². The van der Waals surface area contributed by atoms with E-state index in [4.69, 9.17) is 5.73 Å². The highest BCUT2D eigenvalue weighted by atomic mass is 19.1. The van der Waals surface area contributed by atoms with Crippen LogP contribution in [0.4, 0.5) is 4.39 Å². The smallest absolute Gasteiger partial charge is 0.151 e. The molecule has 0 radical (unpaired) electrons. The average molecular weight is 247 g/mol. The van der Waals surface area contributed by atoms with E-state index >= 15 is 0 Å². The fraction of sp³-hybridized carbons (Fsp3) is 0.500. The molecule has 2 aromatic rings. The Balaban J connectivity index is 2.19. The van der Waals surface area contributed by atoms with Crippen molar-refractivity contribution in [3.63, 3.8) is 0 Å². The molecule has 4 heteroatoms. The number of rotatable bonds is 2. The number of hydrogen-bond acceptors (Lipinski definition) is 2. The van der Waals surface area contributed by atoms with E-state index in [1.165, 1.54) is 6.07 Å². The van der Waals surface area contributed by atoms with Gasteiger partial charge in [-0.1, -0.05) is 12.5 Å². The van der Waals surface area contributed by atoms with Crippen LogP contribution in [0, 0.1) is 5.82 Å². The highest BCUT2D eigenvalue weighted by molar-refractivity contribution is 5.76. The van der Waals surface area contributed by atoms with Gasteiger partial charge in [0.05, 0.1) is 5.52 Å². The Morgan fingerprint density at radius 3 is 2.94 bits per heavy atom. The van der Waals surface area contributed by atoms with Crippen LogP contribution in [0.5, 0.6) is 0 Å². The lowest BCUT2D eigenvalue weighted by atomic mass is 10.0. The minimum atomic E-state index is -0.243. The Kier molecular flexibility index (Phi) is 2.82. The van der Waals surface area contributed by atoms with Crippen molar-refractivity contribution >= 4 is 11.0 Å². The third-order valence-corrected chi connectivity index (χ3v) is 3.98. The summed E-state index contributed by atoms with van der Waals surface area (Å²) in [5.41, 5.74) is 7.51. The fourth-order valence-electron chi connectivity index (χ4n) is 3.06. The summed E-state index contributed by atoms with van der Waals surface area (Å²) in [7, 11) is 0. The largest absolute Gasteiger partial charge is 0.328 e. The third kappa shape index (κ3) is 1.63. The van der Waals surface area contributed by atoms with E-state index in [1.807, 2.05) is 6.07 Å². The van der Waals surface area contributed by atoms with E-state index in [2.05, 4.69) is 16.5 Å². The predicted octanol–water partition coefficient (Wildman–Crippen LogP) is 2.79. The second-order valence-electron chi connectivity index (χ2n) is 5.02. The molecule has 3 rings (SSSR count). The molecule has 0 aliphatic heterocycles. The second-order valence-corrected chi connectivity index (χ2v) is 5.02. The standard InChI is InChI=1S/C14H18FN3/c1-2-18-12-8-4-6-10(15)13(12)17-14(18)9-5-3-7-11(9)16/h4,6,8-9,11H,2-3,5,7,16H2,1H3. The zero-order valence-corrected chi connectivity index (χ0v) is 10.6. The Labute approximate surface area is 106 Å². The lowest BCUT2D eigenvalue weighted by molar-refractivity contribution is 0.550. The van der Waals surface area contributed by atoms with Gasteiger partial charge in [-0.05, 0) is 31.9 Å². The van der Waals surface area contributed by atoms with Gasteiger partial charge >= 0.3 is 0 Å². The summed E-state index contributed by atoms with van der Waals surface area (Å²) in [4.78, 5) is 4.52. The summed E-state index contributed by atoms with van der Waals surface area (Å²) >= 11 is 0. The Bertz CT molecular complexity index is 576. The van der Waals surface area contributed by atoms with E-state index in [1.54, 1.807) is 6.07 Å². The lowest BCUT2D eigenvalue weighted by Gasteiger charge is -2.16. The molecule has 1 aromatic heterocycles. The first-order valence-corrected chi connectivity index (χ1v) is 6.62. The first kappa shape index (κ1) is 11.7. The molecular formula is C14H18FN3. The predicted molar refractivity (Wildman–Crippen MR) is 69.9 cm³/mol. The molecule has 0 spiro atoms. The molecule has 96 valence electrons. The van der Waals surface area contributed by atoms with Crippen molar-refractivity contribution in [2.24, 2.45) is 5.73 Å². The summed E-state index contributed by atoms with van der Waals surface area (Å²) in [6.07, 6.45) is 3.24. The first-order valence-electron chi connectivity index (χ1n) is 6.62. The molecule has 18 heavy (non-hydrogen) atoms. The van der Waals surface area contributed by atoms with Gasteiger partial charge in [-0.15, -0.1) is 0 Å². The topological polar surface area (TPSA) is 43.8 Å². The van der Waals surface area contributed by atoms with Gasteiger partial charge in [0.25, 0.3) is 0 Å². The van der Waals surface area contributed by atoms with Crippen molar-refractivity contribution in [3.05, 3.63) is 29.8 Å². The van der Waals surface area contributed by atoms with Crippen LogP contribution in [0.3, 0.4) is 0 Å². The number of benzene rings is 1. The highest BCUT2D eigenvalue weighted by Gasteiger charge is 2.30. The van der Waals surface area contributed by atoms with Crippen molar-refractivity contribution in [1.29, 1.82) is 0 Å². The molecule has 2 unspecified atom stereocenters. The zero-order valence-electron chi connectivity index (χ0n) is 10.6. The number of imidazole rings is 1. The molecule has 0 bridgehead atoms. The van der Waals surface area contributed by atoms with Crippen LogP contribution in [0.15, 0.2) is 18.2 Å². The second kappa shape index (κ2) is 4.35.